The first kappa shape index (κ1) is 9.21. The molecule has 1 atom stereocenters. The van der Waals surface area contributed by atoms with Crippen LogP contribution in [0.4, 0.5) is 4.39 Å². The van der Waals surface area contributed by atoms with Gasteiger partial charge in [0.05, 0.1) is 0 Å². The van der Waals surface area contributed by atoms with E-state index in [4.69, 9.17) is 5.73 Å². The number of nitrogens with zero attached hydrogens (tertiary/aromatic N) is 1. The van der Waals surface area contributed by atoms with E-state index in [1.54, 1.807) is 6.92 Å². The smallest absolute Gasteiger partial charge is 0.128 e. The maximum absolute atomic E-state index is 13.5. The van der Waals surface area contributed by atoms with Gasteiger partial charge in [0.1, 0.15) is 5.82 Å². The number of nitrogens with two attached hydrogens (primary N) is 1. The Morgan fingerprint density at radius 1 is 1.43 bits per heavy atom. The van der Waals surface area contributed by atoms with Crippen LogP contribution in [0.3, 0.4) is 0 Å². The summed E-state index contributed by atoms with van der Waals surface area (Å²) in [6.45, 7) is 1.78. The Morgan fingerprint density at radius 2 is 2.14 bits per heavy atom. The number of aromatic nitrogens is 1. The van der Waals surface area contributed by atoms with Gasteiger partial charge in [-0.25, -0.2) is 4.39 Å². The third-order valence-electron chi connectivity index (χ3n) is 2.49. The second-order valence-electron chi connectivity index (χ2n) is 3.65. The summed E-state index contributed by atoms with van der Waals surface area (Å²) in [6, 6.07) is 4.97. The van der Waals surface area contributed by atoms with Crippen molar-refractivity contribution in [1.29, 1.82) is 0 Å². The molecule has 1 aromatic carbocycles. The van der Waals surface area contributed by atoms with Gasteiger partial charge in [-0.2, -0.15) is 0 Å². The van der Waals surface area contributed by atoms with Gasteiger partial charge in [0.2, 0.25) is 0 Å². The molecule has 14 heavy (non-hydrogen) atoms. The largest absolute Gasteiger partial charge is 0.351 e. The number of halogens is 1. The van der Waals surface area contributed by atoms with Gasteiger partial charge >= 0.3 is 0 Å². The van der Waals surface area contributed by atoms with Crippen LogP contribution in [0.2, 0.25) is 0 Å². The highest BCUT2D eigenvalue weighted by molar-refractivity contribution is 5.81. The second-order valence-corrected chi connectivity index (χ2v) is 3.65. The average molecular weight is 192 g/mol. The van der Waals surface area contributed by atoms with Gasteiger partial charge in [-0.3, -0.25) is 0 Å². The average Bonchev–Trinajstić information content (AvgIpc) is 2.46. The molecule has 0 bridgehead atoms. The van der Waals surface area contributed by atoms with Crippen LogP contribution in [0.1, 0.15) is 18.5 Å². The molecular formula is C11H13FN2. The fourth-order valence-electron chi connectivity index (χ4n) is 1.65. The van der Waals surface area contributed by atoms with Crippen molar-refractivity contribution < 1.29 is 4.39 Å². The zero-order valence-electron chi connectivity index (χ0n) is 8.29. The van der Waals surface area contributed by atoms with Gasteiger partial charge < -0.3 is 10.3 Å². The molecule has 1 heterocycles. The predicted octanol–water partition coefficient (Wildman–Crippen LogP) is 2.34. The summed E-state index contributed by atoms with van der Waals surface area (Å²) in [5.74, 6) is -0.223. The van der Waals surface area contributed by atoms with E-state index < -0.39 is 0 Å². The lowest BCUT2D eigenvalue weighted by molar-refractivity contribution is 0.595. The molecule has 0 saturated heterocycles. The molecule has 0 aliphatic heterocycles. The van der Waals surface area contributed by atoms with Crippen molar-refractivity contribution in [1.82, 2.24) is 4.57 Å². The zero-order valence-corrected chi connectivity index (χ0v) is 8.29. The molecule has 2 N–H and O–H groups in total. The number of hydrogen-bond donors (Lipinski definition) is 1. The van der Waals surface area contributed by atoms with Crippen LogP contribution in [0.15, 0.2) is 24.4 Å². The molecule has 2 rings (SSSR count). The number of fused-ring (bicyclic) bond motifs is 1. The van der Waals surface area contributed by atoms with E-state index >= 15 is 0 Å². The van der Waals surface area contributed by atoms with Gasteiger partial charge in [-0.15, -0.1) is 0 Å². The first-order chi connectivity index (χ1) is 6.59. The summed E-state index contributed by atoms with van der Waals surface area (Å²) in [5.41, 5.74) is 7.26. The number of benzene rings is 1. The summed E-state index contributed by atoms with van der Waals surface area (Å²) in [6.07, 6.45) is 1.91. The Kier molecular flexibility index (Phi) is 2.04. The fraction of sp³-hybridized carbons (Fsp3) is 0.273. The van der Waals surface area contributed by atoms with E-state index in [-0.39, 0.29) is 11.9 Å². The molecule has 2 aromatic rings. The first-order valence-corrected chi connectivity index (χ1v) is 4.59. The Labute approximate surface area is 82.1 Å². The Morgan fingerprint density at radius 3 is 2.79 bits per heavy atom. The molecule has 0 radical (unpaired) electrons. The van der Waals surface area contributed by atoms with Crippen molar-refractivity contribution in [3.63, 3.8) is 0 Å². The second kappa shape index (κ2) is 3.10. The van der Waals surface area contributed by atoms with Crippen LogP contribution in [0.5, 0.6) is 0 Å². The molecule has 1 aromatic heterocycles. The maximum atomic E-state index is 13.5. The van der Waals surface area contributed by atoms with E-state index in [1.165, 1.54) is 6.07 Å². The molecule has 0 amide bonds. The Hall–Kier alpha value is -1.35. The van der Waals surface area contributed by atoms with Gasteiger partial charge in [0.25, 0.3) is 0 Å². The van der Waals surface area contributed by atoms with Crippen LogP contribution in [-0.4, -0.2) is 4.57 Å². The van der Waals surface area contributed by atoms with Crippen molar-refractivity contribution in [3.05, 3.63) is 35.8 Å². The molecule has 3 heteroatoms. The fourth-order valence-corrected chi connectivity index (χ4v) is 1.65. The number of aryl methyl sites for hydroxylation is 1. The normalized spacial score (nSPS) is 13.4. The maximum Gasteiger partial charge on any atom is 0.128 e. The van der Waals surface area contributed by atoms with Crippen LogP contribution in [-0.2, 0) is 7.05 Å². The van der Waals surface area contributed by atoms with E-state index in [1.807, 2.05) is 29.9 Å². The molecular weight excluding hydrogens is 179 g/mol. The molecule has 0 aliphatic rings. The minimum absolute atomic E-state index is 0.223. The quantitative estimate of drug-likeness (QED) is 0.738. The molecule has 2 nitrogen and oxygen atoms in total. The first-order valence-electron chi connectivity index (χ1n) is 4.59. The van der Waals surface area contributed by atoms with Crippen molar-refractivity contribution in [3.8, 4) is 0 Å². The van der Waals surface area contributed by atoms with E-state index in [0.717, 1.165) is 10.9 Å². The molecule has 1 unspecified atom stereocenters. The lowest BCUT2D eigenvalue weighted by atomic mass is 10.1. The lowest BCUT2D eigenvalue weighted by Gasteiger charge is -2.08. The zero-order chi connectivity index (χ0) is 10.3. The standard InChI is InChI=1S/C11H13FN2/c1-7(13)9-6-11-8(5-10(9)12)3-4-14(11)2/h3-7H,13H2,1-2H3. The summed E-state index contributed by atoms with van der Waals surface area (Å²) in [7, 11) is 1.94. The van der Waals surface area contributed by atoms with Crippen LogP contribution in [0, 0.1) is 5.82 Å². The molecule has 0 aliphatic carbocycles. The highest BCUT2D eigenvalue weighted by Gasteiger charge is 2.09. The van der Waals surface area contributed by atoms with E-state index in [0.29, 0.717) is 5.56 Å². The van der Waals surface area contributed by atoms with Crippen LogP contribution >= 0.6 is 0 Å². The summed E-state index contributed by atoms with van der Waals surface area (Å²) in [5, 5.41) is 0.911. The van der Waals surface area contributed by atoms with Gasteiger partial charge in [0, 0.05) is 35.8 Å². The lowest BCUT2D eigenvalue weighted by Crippen LogP contribution is -2.07. The minimum atomic E-state index is -0.269. The highest BCUT2D eigenvalue weighted by Crippen LogP contribution is 2.22. The van der Waals surface area contributed by atoms with Gasteiger partial charge in [0.15, 0.2) is 0 Å². The predicted molar refractivity (Wildman–Crippen MR) is 55.5 cm³/mol. The highest BCUT2D eigenvalue weighted by atomic mass is 19.1. The van der Waals surface area contributed by atoms with Crippen LogP contribution in [0.25, 0.3) is 10.9 Å². The molecule has 0 fully saturated rings. The van der Waals surface area contributed by atoms with Crippen molar-refractivity contribution in [2.45, 2.75) is 13.0 Å². The van der Waals surface area contributed by atoms with Gasteiger partial charge in [-0.1, -0.05) is 0 Å². The Balaban J connectivity index is 2.74. The topological polar surface area (TPSA) is 30.9 Å². The van der Waals surface area contributed by atoms with Crippen molar-refractivity contribution >= 4 is 10.9 Å². The molecule has 0 spiro atoms. The summed E-state index contributed by atoms with van der Waals surface area (Å²) >= 11 is 0. The number of hydrogen-bond acceptors (Lipinski definition) is 1. The molecule has 0 saturated carbocycles. The monoisotopic (exact) mass is 192 g/mol. The van der Waals surface area contributed by atoms with E-state index in [9.17, 15) is 4.39 Å². The summed E-state index contributed by atoms with van der Waals surface area (Å²) < 4.78 is 15.4. The van der Waals surface area contributed by atoms with Crippen molar-refractivity contribution in [2.24, 2.45) is 12.8 Å². The molecule has 74 valence electrons. The number of rotatable bonds is 1. The Bertz CT molecular complexity index is 471. The van der Waals surface area contributed by atoms with E-state index in [2.05, 4.69) is 0 Å². The third-order valence-corrected chi connectivity index (χ3v) is 2.49. The SMILES string of the molecule is CC(N)c1cc2c(ccn2C)cc1F. The van der Waals surface area contributed by atoms with Gasteiger partial charge in [-0.05, 0) is 25.1 Å². The summed E-state index contributed by atoms with van der Waals surface area (Å²) in [4.78, 5) is 0. The van der Waals surface area contributed by atoms with Crippen LogP contribution < -0.4 is 5.73 Å². The third kappa shape index (κ3) is 1.30. The minimum Gasteiger partial charge on any atom is -0.351 e. The van der Waals surface area contributed by atoms with Crippen molar-refractivity contribution in [2.75, 3.05) is 0 Å².